The smallest absolute Gasteiger partial charge is 0.260 e. The molecule has 2 fully saturated rings. The van der Waals surface area contributed by atoms with Crippen LogP contribution in [-0.4, -0.2) is 61.3 Å². The van der Waals surface area contributed by atoms with Crippen molar-refractivity contribution in [1.82, 2.24) is 35.3 Å². The predicted octanol–water partition coefficient (Wildman–Crippen LogP) is 1.29. The molecule has 3 aromatic rings. The Kier molecular flexibility index (Phi) is 4.58. The molecule has 0 aromatic carbocycles. The number of anilines is 1. The van der Waals surface area contributed by atoms with Crippen molar-refractivity contribution < 1.29 is 4.39 Å². The number of hydrogen-bond acceptors (Lipinski definition) is 7. The van der Waals surface area contributed by atoms with Crippen LogP contribution in [0.4, 0.5) is 10.2 Å². The number of aromatic nitrogens is 6. The standard InChI is InChI=1S/C20H23FN8O/c1-28-10-11(8-23-28)19-22-9-13(20(30)25-19)14-5-6-17(27-26-14)29(2)16-7-12-3-4-15(24-12)18(16)21/h5-6,8-10,12,15-16,18,24H,3-4,7H2,1-2H3,(H,22,25,30)/t12?,15?,16-,18+/m0/s1. The minimum absolute atomic E-state index is 0.0774. The second-order valence-corrected chi connectivity index (χ2v) is 8.06. The summed E-state index contributed by atoms with van der Waals surface area (Å²) in [5.41, 5.74) is 1.16. The monoisotopic (exact) mass is 410 g/mol. The Balaban J connectivity index is 1.36. The topological polar surface area (TPSA) is 105 Å². The molecule has 4 atom stereocenters. The maximum atomic E-state index is 14.8. The molecule has 0 aliphatic carbocycles. The van der Waals surface area contributed by atoms with E-state index >= 15 is 0 Å². The van der Waals surface area contributed by atoms with E-state index in [-0.39, 0.29) is 17.6 Å². The van der Waals surface area contributed by atoms with Crippen LogP contribution in [0.5, 0.6) is 0 Å². The minimum atomic E-state index is -0.942. The van der Waals surface area contributed by atoms with Crippen molar-refractivity contribution in [3.8, 4) is 22.6 Å². The van der Waals surface area contributed by atoms with Gasteiger partial charge in [-0.1, -0.05) is 0 Å². The largest absolute Gasteiger partial charge is 0.352 e. The summed E-state index contributed by atoms with van der Waals surface area (Å²) < 4.78 is 16.5. The zero-order valence-electron chi connectivity index (χ0n) is 16.8. The molecule has 0 saturated carbocycles. The lowest BCUT2D eigenvalue weighted by Gasteiger charge is -2.38. The Labute approximate surface area is 172 Å². The fraction of sp³-hybridized carbons (Fsp3) is 0.450. The van der Waals surface area contributed by atoms with E-state index in [1.54, 1.807) is 36.3 Å². The van der Waals surface area contributed by atoms with Crippen molar-refractivity contribution in [3.05, 3.63) is 41.1 Å². The molecule has 2 unspecified atom stereocenters. The van der Waals surface area contributed by atoms with Crippen LogP contribution in [0.25, 0.3) is 22.6 Å². The number of aromatic amines is 1. The summed E-state index contributed by atoms with van der Waals surface area (Å²) in [6.45, 7) is 0. The summed E-state index contributed by atoms with van der Waals surface area (Å²) in [4.78, 5) is 21.5. The number of alkyl halides is 1. The Bertz CT molecular complexity index is 1110. The Morgan fingerprint density at radius 2 is 2.10 bits per heavy atom. The first kappa shape index (κ1) is 18.9. The molecule has 0 radical (unpaired) electrons. The van der Waals surface area contributed by atoms with E-state index in [1.165, 1.54) is 6.20 Å². The number of nitrogens with zero attached hydrogens (tertiary/aromatic N) is 6. The van der Waals surface area contributed by atoms with E-state index in [0.717, 1.165) is 24.8 Å². The van der Waals surface area contributed by atoms with Crippen LogP contribution in [0.15, 0.2) is 35.5 Å². The van der Waals surface area contributed by atoms with E-state index in [0.29, 0.717) is 28.9 Å². The molecule has 2 N–H and O–H groups in total. The van der Waals surface area contributed by atoms with Gasteiger partial charge in [-0.3, -0.25) is 9.48 Å². The number of fused-ring (bicyclic) bond motifs is 2. The van der Waals surface area contributed by atoms with E-state index in [1.807, 2.05) is 11.9 Å². The van der Waals surface area contributed by atoms with Crippen molar-refractivity contribution in [3.63, 3.8) is 0 Å². The number of rotatable bonds is 4. The Morgan fingerprint density at radius 3 is 2.80 bits per heavy atom. The quantitative estimate of drug-likeness (QED) is 0.668. The first-order chi connectivity index (χ1) is 14.5. The van der Waals surface area contributed by atoms with Crippen LogP contribution in [0.2, 0.25) is 0 Å². The molecule has 0 spiro atoms. The number of piperidine rings is 1. The molecular weight excluding hydrogens is 387 g/mol. The molecule has 156 valence electrons. The van der Waals surface area contributed by atoms with Crippen LogP contribution >= 0.6 is 0 Å². The second kappa shape index (κ2) is 7.28. The first-order valence-corrected chi connectivity index (χ1v) is 10.0. The van der Waals surface area contributed by atoms with Gasteiger partial charge in [-0.15, -0.1) is 10.2 Å². The summed E-state index contributed by atoms with van der Waals surface area (Å²) in [5.74, 6) is 1.03. The third-order valence-corrected chi connectivity index (χ3v) is 6.12. The van der Waals surface area contributed by atoms with E-state index < -0.39 is 6.17 Å². The number of hydrogen-bond donors (Lipinski definition) is 2. The van der Waals surface area contributed by atoms with Gasteiger partial charge in [-0.05, 0) is 31.4 Å². The van der Waals surface area contributed by atoms with Gasteiger partial charge < -0.3 is 15.2 Å². The molecule has 2 saturated heterocycles. The van der Waals surface area contributed by atoms with Gasteiger partial charge in [0.2, 0.25) is 0 Å². The number of halogens is 1. The molecule has 0 amide bonds. The van der Waals surface area contributed by atoms with Crippen molar-refractivity contribution in [2.45, 2.75) is 43.6 Å². The molecule has 5 heterocycles. The normalized spacial score (nSPS) is 25.4. The van der Waals surface area contributed by atoms with Crippen LogP contribution in [-0.2, 0) is 7.05 Å². The third kappa shape index (κ3) is 3.26. The number of aryl methyl sites for hydroxylation is 1. The molecule has 9 nitrogen and oxygen atoms in total. The Morgan fingerprint density at radius 1 is 1.23 bits per heavy atom. The summed E-state index contributed by atoms with van der Waals surface area (Å²) in [6.07, 6.45) is 6.59. The van der Waals surface area contributed by atoms with E-state index in [9.17, 15) is 9.18 Å². The summed E-state index contributed by atoms with van der Waals surface area (Å²) in [6, 6.07) is 3.55. The van der Waals surface area contributed by atoms with E-state index in [4.69, 9.17) is 0 Å². The maximum absolute atomic E-state index is 14.8. The highest BCUT2D eigenvalue weighted by molar-refractivity contribution is 5.60. The third-order valence-electron chi connectivity index (χ3n) is 6.12. The molecule has 2 aliphatic rings. The predicted molar refractivity (Wildman–Crippen MR) is 110 cm³/mol. The van der Waals surface area contributed by atoms with Gasteiger partial charge in [0, 0.05) is 38.6 Å². The molecule has 10 heteroatoms. The van der Waals surface area contributed by atoms with Gasteiger partial charge in [0.25, 0.3) is 5.56 Å². The van der Waals surface area contributed by atoms with Crippen LogP contribution in [0.3, 0.4) is 0 Å². The van der Waals surface area contributed by atoms with E-state index in [2.05, 4.69) is 30.6 Å². The first-order valence-electron chi connectivity index (χ1n) is 10.0. The van der Waals surface area contributed by atoms with Gasteiger partial charge in [0.05, 0.1) is 23.4 Å². The molecule has 2 bridgehead atoms. The van der Waals surface area contributed by atoms with Crippen molar-refractivity contribution in [2.24, 2.45) is 7.05 Å². The van der Waals surface area contributed by atoms with Crippen molar-refractivity contribution >= 4 is 5.82 Å². The highest BCUT2D eigenvalue weighted by Crippen LogP contribution is 2.33. The maximum Gasteiger partial charge on any atom is 0.260 e. The molecule has 2 aliphatic heterocycles. The van der Waals surface area contributed by atoms with Crippen molar-refractivity contribution in [1.29, 1.82) is 0 Å². The molecular formula is C20H23FN8O. The van der Waals surface area contributed by atoms with Crippen LogP contribution < -0.4 is 15.8 Å². The number of nitrogens with one attached hydrogen (secondary N) is 2. The van der Waals surface area contributed by atoms with Gasteiger partial charge in [-0.25, -0.2) is 9.37 Å². The van der Waals surface area contributed by atoms with Crippen LogP contribution in [0.1, 0.15) is 19.3 Å². The van der Waals surface area contributed by atoms with Crippen LogP contribution in [0, 0.1) is 0 Å². The molecule has 30 heavy (non-hydrogen) atoms. The molecule has 5 rings (SSSR count). The van der Waals surface area contributed by atoms with Gasteiger partial charge in [0.1, 0.15) is 17.7 Å². The zero-order valence-corrected chi connectivity index (χ0v) is 16.8. The lowest BCUT2D eigenvalue weighted by molar-refractivity contribution is 0.176. The average molecular weight is 410 g/mol. The fourth-order valence-corrected chi connectivity index (χ4v) is 4.44. The lowest BCUT2D eigenvalue weighted by atomic mass is 9.96. The van der Waals surface area contributed by atoms with Gasteiger partial charge in [-0.2, -0.15) is 5.10 Å². The SMILES string of the molecule is CN(c1ccc(-c2cnc(-c3cnn(C)c3)[nH]c2=O)nn1)[C@H]1CC2CCC(N2)[C@H]1F. The highest BCUT2D eigenvalue weighted by atomic mass is 19.1. The zero-order chi connectivity index (χ0) is 20.8. The summed E-state index contributed by atoms with van der Waals surface area (Å²) in [7, 11) is 3.65. The average Bonchev–Trinajstić information content (AvgIpc) is 3.37. The van der Waals surface area contributed by atoms with Gasteiger partial charge in [0.15, 0.2) is 5.82 Å². The minimum Gasteiger partial charge on any atom is -0.352 e. The summed E-state index contributed by atoms with van der Waals surface area (Å²) in [5, 5.41) is 15.9. The lowest BCUT2D eigenvalue weighted by Crippen LogP contribution is -2.55. The Hall–Kier alpha value is -3.14. The fourth-order valence-electron chi connectivity index (χ4n) is 4.44. The summed E-state index contributed by atoms with van der Waals surface area (Å²) >= 11 is 0. The highest BCUT2D eigenvalue weighted by Gasteiger charge is 2.43. The second-order valence-electron chi connectivity index (χ2n) is 8.06. The number of H-pyrrole nitrogens is 1. The van der Waals surface area contributed by atoms with Gasteiger partial charge >= 0.3 is 0 Å². The molecule has 3 aromatic heterocycles. The van der Waals surface area contributed by atoms with Crippen molar-refractivity contribution in [2.75, 3.05) is 11.9 Å².